The van der Waals surface area contributed by atoms with Gasteiger partial charge in [-0.1, -0.05) is 17.7 Å². The summed E-state index contributed by atoms with van der Waals surface area (Å²) in [5, 5.41) is 1.84. The van der Waals surface area contributed by atoms with Crippen LogP contribution in [0.1, 0.15) is 10.4 Å². The van der Waals surface area contributed by atoms with Crippen molar-refractivity contribution >= 4 is 23.2 Å². The Morgan fingerprint density at radius 2 is 1.79 bits per heavy atom. The van der Waals surface area contributed by atoms with Gasteiger partial charge in [0.1, 0.15) is 5.82 Å². The number of nitrogens with one attached hydrogen (secondary N) is 1. The largest absolute Gasteiger partial charge is 0.322 e. The van der Waals surface area contributed by atoms with E-state index in [1.165, 1.54) is 18.2 Å². The van der Waals surface area contributed by atoms with Gasteiger partial charge in [-0.25, -0.2) is 13.2 Å². The maximum absolute atomic E-state index is 13.5. The monoisotopic (exact) mass is 285 g/mol. The highest BCUT2D eigenvalue weighted by Crippen LogP contribution is 2.21. The lowest BCUT2D eigenvalue weighted by Gasteiger charge is -2.07. The number of carbonyl (C=O) groups excluding carboxylic acids is 1. The van der Waals surface area contributed by atoms with Crippen molar-refractivity contribution in [3.8, 4) is 0 Å². The summed E-state index contributed by atoms with van der Waals surface area (Å²) in [5.41, 5.74) is -0.370. The third-order valence-corrected chi connectivity index (χ3v) is 2.65. The molecule has 6 heteroatoms. The van der Waals surface area contributed by atoms with Crippen LogP contribution < -0.4 is 5.32 Å². The number of anilines is 1. The first-order valence-corrected chi connectivity index (χ1v) is 5.57. The Hall–Kier alpha value is -2.01. The molecular weight excluding hydrogens is 279 g/mol. The Kier molecular flexibility index (Phi) is 3.76. The second kappa shape index (κ2) is 5.32. The predicted molar refractivity (Wildman–Crippen MR) is 65.7 cm³/mol. The standard InChI is InChI=1S/C13H7ClF3NO/c14-10-5-4-9(11(16)12(10)17)13(19)18-8-3-1-2-7(15)6-8/h1-6H,(H,18,19). The van der Waals surface area contributed by atoms with Crippen molar-refractivity contribution in [3.05, 3.63) is 64.4 Å². The molecule has 0 saturated carbocycles. The van der Waals surface area contributed by atoms with Crippen LogP contribution >= 0.6 is 11.6 Å². The predicted octanol–water partition coefficient (Wildman–Crippen LogP) is 4.01. The quantitative estimate of drug-likeness (QED) is 0.830. The molecule has 98 valence electrons. The fourth-order valence-corrected chi connectivity index (χ4v) is 1.61. The number of hydrogen-bond acceptors (Lipinski definition) is 1. The van der Waals surface area contributed by atoms with Crippen LogP contribution in [0.15, 0.2) is 36.4 Å². The molecule has 0 atom stereocenters. The minimum Gasteiger partial charge on any atom is -0.322 e. The summed E-state index contributed by atoms with van der Waals surface area (Å²) in [6, 6.07) is 7.17. The van der Waals surface area contributed by atoms with E-state index in [0.29, 0.717) is 0 Å². The van der Waals surface area contributed by atoms with Crippen LogP contribution in [0, 0.1) is 17.5 Å². The van der Waals surface area contributed by atoms with Crippen molar-refractivity contribution in [3.63, 3.8) is 0 Å². The average Bonchev–Trinajstić information content (AvgIpc) is 2.36. The van der Waals surface area contributed by atoms with Gasteiger partial charge < -0.3 is 5.32 Å². The van der Waals surface area contributed by atoms with E-state index in [2.05, 4.69) is 5.32 Å². The molecule has 2 aromatic rings. The van der Waals surface area contributed by atoms with Crippen LogP contribution in [0.3, 0.4) is 0 Å². The lowest BCUT2D eigenvalue weighted by atomic mass is 10.2. The molecule has 2 aromatic carbocycles. The first kappa shape index (κ1) is 13.4. The van der Waals surface area contributed by atoms with Gasteiger partial charge in [0, 0.05) is 5.69 Å². The maximum Gasteiger partial charge on any atom is 0.258 e. The third-order valence-electron chi connectivity index (χ3n) is 2.36. The molecule has 2 nitrogen and oxygen atoms in total. The topological polar surface area (TPSA) is 29.1 Å². The van der Waals surface area contributed by atoms with Crippen molar-refractivity contribution in [2.45, 2.75) is 0 Å². The fourth-order valence-electron chi connectivity index (χ4n) is 1.47. The normalized spacial score (nSPS) is 10.3. The van der Waals surface area contributed by atoms with E-state index in [4.69, 9.17) is 11.6 Å². The van der Waals surface area contributed by atoms with Crippen LogP contribution in [0.4, 0.5) is 18.9 Å². The molecule has 19 heavy (non-hydrogen) atoms. The summed E-state index contributed by atoms with van der Waals surface area (Å²) in [6.45, 7) is 0. The Bertz CT molecular complexity index is 646. The van der Waals surface area contributed by atoms with Crippen LogP contribution in [0.2, 0.25) is 5.02 Å². The highest BCUT2D eigenvalue weighted by atomic mass is 35.5. The van der Waals surface area contributed by atoms with E-state index >= 15 is 0 Å². The number of carbonyl (C=O) groups is 1. The zero-order valence-electron chi connectivity index (χ0n) is 9.38. The van der Waals surface area contributed by atoms with Crippen molar-refractivity contribution < 1.29 is 18.0 Å². The molecule has 0 fully saturated rings. The van der Waals surface area contributed by atoms with Gasteiger partial charge in [0.15, 0.2) is 11.6 Å². The molecular formula is C13H7ClF3NO. The number of amides is 1. The SMILES string of the molecule is O=C(Nc1cccc(F)c1)c1ccc(Cl)c(F)c1F. The molecule has 0 spiro atoms. The minimum atomic E-state index is -1.35. The van der Waals surface area contributed by atoms with Crippen molar-refractivity contribution in [2.24, 2.45) is 0 Å². The fraction of sp³-hybridized carbons (Fsp3) is 0. The Morgan fingerprint density at radius 1 is 1.05 bits per heavy atom. The van der Waals surface area contributed by atoms with Crippen molar-refractivity contribution in [1.82, 2.24) is 0 Å². The van der Waals surface area contributed by atoms with Gasteiger partial charge in [-0.05, 0) is 30.3 Å². The summed E-state index contributed by atoms with van der Waals surface area (Å²) in [7, 11) is 0. The Morgan fingerprint density at radius 3 is 2.47 bits per heavy atom. The van der Waals surface area contributed by atoms with Gasteiger partial charge in [-0.3, -0.25) is 4.79 Å². The molecule has 1 N–H and O–H groups in total. The highest BCUT2D eigenvalue weighted by molar-refractivity contribution is 6.30. The Labute approximate surface area is 111 Å². The first-order chi connectivity index (χ1) is 8.99. The molecule has 1 amide bonds. The van der Waals surface area contributed by atoms with E-state index in [0.717, 1.165) is 18.2 Å². The number of hydrogen-bond donors (Lipinski definition) is 1. The van der Waals surface area contributed by atoms with Crippen LogP contribution in [0.25, 0.3) is 0 Å². The van der Waals surface area contributed by atoms with Crippen LogP contribution in [-0.2, 0) is 0 Å². The van der Waals surface area contributed by atoms with E-state index in [1.807, 2.05) is 0 Å². The zero-order chi connectivity index (χ0) is 14.0. The molecule has 2 rings (SSSR count). The van der Waals surface area contributed by atoms with Gasteiger partial charge in [0.25, 0.3) is 5.91 Å². The zero-order valence-corrected chi connectivity index (χ0v) is 10.1. The molecule has 0 bridgehead atoms. The van der Waals surface area contributed by atoms with E-state index in [1.54, 1.807) is 0 Å². The second-order valence-corrected chi connectivity index (χ2v) is 4.09. The minimum absolute atomic E-state index is 0.139. The summed E-state index contributed by atoms with van der Waals surface area (Å²) in [5.74, 6) is -4.09. The number of halogens is 4. The van der Waals surface area contributed by atoms with Crippen LogP contribution in [0.5, 0.6) is 0 Å². The molecule has 0 aliphatic rings. The van der Waals surface area contributed by atoms with Crippen LogP contribution in [-0.4, -0.2) is 5.91 Å². The third kappa shape index (κ3) is 2.88. The molecule has 0 aromatic heterocycles. The summed E-state index contributed by atoms with van der Waals surface area (Å²) >= 11 is 5.38. The molecule has 0 saturated heterocycles. The van der Waals surface area contributed by atoms with E-state index in [9.17, 15) is 18.0 Å². The summed E-state index contributed by atoms with van der Waals surface area (Å²) in [6.07, 6.45) is 0. The van der Waals surface area contributed by atoms with E-state index in [-0.39, 0.29) is 5.69 Å². The molecule has 0 heterocycles. The molecule has 0 radical (unpaired) electrons. The lowest BCUT2D eigenvalue weighted by Crippen LogP contribution is -2.14. The first-order valence-electron chi connectivity index (χ1n) is 5.19. The summed E-state index contributed by atoms with van der Waals surface area (Å²) in [4.78, 5) is 11.7. The van der Waals surface area contributed by atoms with Gasteiger partial charge in [-0.15, -0.1) is 0 Å². The second-order valence-electron chi connectivity index (χ2n) is 3.69. The maximum atomic E-state index is 13.5. The van der Waals surface area contributed by atoms with Crippen molar-refractivity contribution in [2.75, 3.05) is 5.32 Å². The average molecular weight is 286 g/mol. The highest BCUT2D eigenvalue weighted by Gasteiger charge is 2.18. The van der Waals surface area contributed by atoms with Gasteiger partial charge in [-0.2, -0.15) is 0 Å². The van der Waals surface area contributed by atoms with E-state index < -0.39 is 33.9 Å². The van der Waals surface area contributed by atoms with Crippen molar-refractivity contribution in [1.29, 1.82) is 0 Å². The molecule has 0 aliphatic carbocycles. The Balaban J connectivity index is 2.28. The van der Waals surface area contributed by atoms with Gasteiger partial charge in [0.05, 0.1) is 10.6 Å². The summed E-state index contributed by atoms with van der Waals surface area (Å²) < 4.78 is 39.6. The lowest BCUT2D eigenvalue weighted by molar-refractivity contribution is 0.102. The number of rotatable bonds is 2. The van der Waals surface area contributed by atoms with Gasteiger partial charge in [0.2, 0.25) is 0 Å². The number of benzene rings is 2. The molecule has 0 unspecified atom stereocenters. The van der Waals surface area contributed by atoms with Gasteiger partial charge >= 0.3 is 0 Å². The smallest absolute Gasteiger partial charge is 0.258 e. The molecule has 0 aliphatic heterocycles.